The van der Waals surface area contributed by atoms with Gasteiger partial charge in [-0.1, -0.05) is 0 Å². The van der Waals surface area contributed by atoms with E-state index in [9.17, 15) is 0 Å². The molecule has 2 aliphatic rings. The first kappa shape index (κ1) is 10.7. The second kappa shape index (κ2) is 4.09. The highest BCUT2D eigenvalue weighted by Crippen LogP contribution is 2.44. The van der Waals surface area contributed by atoms with E-state index in [0.717, 1.165) is 19.0 Å². The van der Waals surface area contributed by atoms with E-state index in [-0.39, 0.29) is 0 Å². The van der Waals surface area contributed by atoms with Gasteiger partial charge in [0.05, 0.1) is 10.7 Å². The molecule has 1 fully saturated rings. The molecule has 4 heteroatoms. The summed E-state index contributed by atoms with van der Waals surface area (Å²) in [5.41, 5.74) is 1.40. The Morgan fingerprint density at radius 3 is 3.19 bits per heavy atom. The molecule has 3 rings (SSSR count). The molecule has 0 amide bonds. The summed E-state index contributed by atoms with van der Waals surface area (Å²) in [6.45, 7) is 1.04. The normalized spacial score (nSPS) is 28.4. The van der Waals surface area contributed by atoms with E-state index in [1.807, 2.05) is 18.4 Å². The number of hydrogen-bond acceptors (Lipinski definition) is 4. The molecule has 2 bridgehead atoms. The fourth-order valence-electron chi connectivity index (χ4n) is 2.96. The Labute approximate surface area is 101 Å². The Kier molecular flexibility index (Phi) is 2.73. The predicted octanol–water partition coefficient (Wildman–Crippen LogP) is 1.60. The lowest BCUT2D eigenvalue weighted by Gasteiger charge is -2.29. The molecule has 1 aromatic rings. The van der Waals surface area contributed by atoms with Gasteiger partial charge in [-0.25, -0.2) is 4.98 Å². The number of thiazole rings is 1. The highest BCUT2D eigenvalue weighted by molar-refractivity contribution is 7.11. The fourth-order valence-corrected chi connectivity index (χ4v) is 4.24. The molecule has 1 saturated heterocycles. The molecule has 0 aliphatic carbocycles. The largest absolute Gasteiger partial charge is 0.319 e. The van der Waals surface area contributed by atoms with Crippen LogP contribution in [0.2, 0.25) is 0 Å². The summed E-state index contributed by atoms with van der Waals surface area (Å²) >= 11 is 1.95. The number of hydrogen-bond donors (Lipinski definition) is 1. The van der Waals surface area contributed by atoms with Gasteiger partial charge in [0.25, 0.3) is 0 Å². The molecular weight excluding hydrogens is 218 g/mol. The van der Waals surface area contributed by atoms with Crippen LogP contribution in [0, 0.1) is 0 Å². The minimum absolute atomic E-state index is 0.676. The maximum absolute atomic E-state index is 4.82. The lowest BCUT2D eigenvalue weighted by molar-refractivity contribution is 0.226. The van der Waals surface area contributed by atoms with Gasteiger partial charge in [-0.15, -0.1) is 11.3 Å². The summed E-state index contributed by atoms with van der Waals surface area (Å²) in [5.74, 6) is 0. The summed E-state index contributed by atoms with van der Waals surface area (Å²) in [4.78, 5) is 8.93. The van der Waals surface area contributed by atoms with Crippen LogP contribution in [0.5, 0.6) is 0 Å². The molecule has 16 heavy (non-hydrogen) atoms. The van der Waals surface area contributed by atoms with Crippen LogP contribution < -0.4 is 5.32 Å². The minimum atomic E-state index is 0.676. The van der Waals surface area contributed by atoms with Crippen molar-refractivity contribution in [1.29, 1.82) is 0 Å². The average Bonchev–Trinajstić information content (AvgIpc) is 2.78. The van der Waals surface area contributed by atoms with Gasteiger partial charge in [0.2, 0.25) is 0 Å². The van der Waals surface area contributed by atoms with Crippen molar-refractivity contribution >= 4 is 11.3 Å². The average molecular weight is 237 g/mol. The molecule has 0 radical (unpaired) electrons. The van der Waals surface area contributed by atoms with Crippen LogP contribution in [0.1, 0.15) is 34.5 Å². The van der Waals surface area contributed by atoms with Crippen molar-refractivity contribution < 1.29 is 0 Å². The third kappa shape index (κ3) is 1.60. The fraction of sp³-hybridized carbons (Fsp3) is 0.750. The van der Waals surface area contributed by atoms with Crippen molar-refractivity contribution in [2.75, 3.05) is 20.6 Å². The van der Waals surface area contributed by atoms with E-state index in [0.29, 0.717) is 6.04 Å². The zero-order valence-corrected chi connectivity index (χ0v) is 10.8. The van der Waals surface area contributed by atoms with Crippen LogP contribution in [0.3, 0.4) is 0 Å². The lowest BCUT2D eigenvalue weighted by Crippen LogP contribution is -2.33. The van der Waals surface area contributed by atoms with E-state index >= 15 is 0 Å². The highest BCUT2D eigenvalue weighted by atomic mass is 32.1. The van der Waals surface area contributed by atoms with E-state index in [2.05, 4.69) is 17.3 Å². The van der Waals surface area contributed by atoms with Crippen molar-refractivity contribution in [1.82, 2.24) is 15.2 Å². The number of aromatic nitrogens is 1. The molecule has 1 N–H and O–H groups in total. The Hall–Kier alpha value is -0.450. The van der Waals surface area contributed by atoms with Crippen molar-refractivity contribution in [3.05, 3.63) is 15.6 Å². The van der Waals surface area contributed by atoms with Crippen LogP contribution in [-0.2, 0) is 12.8 Å². The molecule has 88 valence electrons. The van der Waals surface area contributed by atoms with Crippen LogP contribution in [0.25, 0.3) is 0 Å². The summed E-state index contributed by atoms with van der Waals surface area (Å²) in [6.07, 6.45) is 4.95. The smallest absolute Gasteiger partial charge is 0.0944 e. The Morgan fingerprint density at radius 1 is 1.50 bits per heavy atom. The number of nitrogens with zero attached hydrogens (tertiary/aromatic N) is 2. The van der Waals surface area contributed by atoms with Gasteiger partial charge in [0.15, 0.2) is 0 Å². The summed E-state index contributed by atoms with van der Waals surface area (Å²) in [5, 5.41) is 4.52. The maximum Gasteiger partial charge on any atom is 0.0944 e. The van der Waals surface area contributed by atoms with Crippen LogP contribution >= 0.6 is 11.3 Å². The molecule has 0 saturated carbocycles. The number of nitrogens with one attached hydrogen (secondary N) is 1. The number of likely N-dealkylation sites (N-methyl/N-ethyl adjacent to an activating group) is 2. The molecule has 3 heterocycles. The number of rotatable bonds is 3. The third-order valence-electron chi connectivity index (χ3n) is 3.93. The van der Waals surface area contributed by atoms with Gasteiger partial charge in [0.1, 0.15) is 0 Å². The Morgan fingerprint density at radius 2 is 2.38 bits per heavy atom. The van der Waals surface area contributed by atoms with Gasteiger partial charge in [0, 0.05) is 36.3 Å². The third-order valence-corrected chi connectivity index (χ3v) is 5.19. The topological polar surface area (TPSA) is 28.2 Å². The molecule has 2 unspecified atom stereocenters. The standard InChI is InChI=1S/C12H19N3S/c1-13-6-5-11-14-9-7-8-3-4-10(15(8)2)12(9)16-11/h8,10,13H,3-7H2,1-2H3. The molecule has 0 aromatic carbocycles. The molecule has 0 spiro atoms. The number of fused-ring (bicyclic) bond motifs is 4. The SMILES string of the molecule is CNCCc1nc2c(s1)C1CCC(C2)N1C. The van der Waals surface area contributed by atoms with Crippen LogP contribution in [0.15, 0.2) is 0 Å². The van der Waals surface area contributed by atoms with E-state index in [1.54, 1.807) is 4.88 Å². The van der Waals surface area contributed by atoms with Crippen molar-refractivity contribution in [2.45, 2.75) is 37.8 Å². The minimum Gasteiger partial charge on any atom is -0.319 e. The van der Waals surface area contributed by atoms with Crippen molar-refractivity contribution in [3.63, 3.8) is 0 Å². The van der Waals surface area contributed by atoms with Crippen LogP contribution in [-0.4, -0.2) is 36.6 Å². The monoisotopic (exact) mass is 237 g/mol. The van der Waals surface area contributed by atoms with Gasteiger partial charge in [-0.05, 0) is 26.9 Å². The van der Waals surface area contributed by atoms with Gasteiger partial charge in [-0.2, -0.15) is 0 Å². The van der Waals surface area contributed by atoms with Gasteiger partial charge >= 0.3 is 0 Å². The summed E-state index contributed by atoms with van der Waals surface area (Å²) in [6, 6.07) is 1.44. The molecule has 1 aromatic heterocycles. The maximum atomic E-state index is 4.82. The van der Waals surface area contributed by atoms with Gasteiger partial charge < -0.3 is 5.32 Å². The Balaban J connectivity index is 1.85. The molecule has 3 nitrogen and oxygen atoms in total. The molecular formula is C12H19N3S. The highest BCUT2D eigenvalue weighted by Gasteiger charge is 2.39. The first-order valence-electron chi connectivity index (χ1n) is 6.14. The quantitative estimate of drug-likeness (QED) is 0.865. The first-order chi connectivity index (χ1) is 7.79. The summed E-state index contributed by atoms with van der Waals surface area (Å²) < 4.78 is 0. The zero-order valence-electron chi connectivity index (χ0n) is 9.99. The van der Waals surface area contributed by atoms with E-state index in [4.69, 9.17) is 4.98 Å². The molecule has 2 atom stereocenters. The van der Waals surface area contributed by atoms with E-state index < -0.39 is 0 Å². The second-order valence-corrected chi connectivity index (χ2v) is 6.00. The predicted molar refractivity (Wildman–Crippen MR) is 67.0 cm³/mol. The summed E-state index contributed by atoms with van der Waals surface area (Å²) in [7, 11) is 4.28. The van der Waals surface area contributed by atoms with Gasteiger partial charge in [-0.3, -0.25) is 4.90 Å². The molecule has 2 aliphatic heterocycles. The first-order valence-corrected chi connectivity index (χ1v) is 6.96. The second-order valence-electron chi connectivity index (χ2n) is 4.89. The van der Waals surface area contributed by atoms with Crippen molar-refractivity contribution in [2.24, 2.45) is 0 Å². The van der Waals surface area contributed by atoms with E-state index in [1.165, 1.54) is 30.0 Å². The van der Waals surface area contributed by atoms with Crippen molar-refractivity contribution in [3.8, 4) is 0 Å². The Bertz CT molecular complexity index is 388. The van der Waals surface area contributed by atoms with Crippen LogP contribution in [0.4, 0.5) is 0 Å². The lowest BCUT2D eigenvalue weighted by atomic mass is 10.1. The zero-order chi connectivity index (χ0) is 11.1.